The lowest BCUT2D eigenvalue weighted by molar-refractivity contribution is 0.153. The minimum atomic E-state index is 0.237. The van der Waals surface area contributed by atoms with Gasteiger partial charge in [-0.25, -0.2) is 0 Å². The fraction of sp³-hybridized carbons (Fsp3) is 0.474. The first-order chi connectivity index (χ1) is 22.9. The van der Waals surface area contributed by atoms with Gasteiger partial charge in [0.15, 0.2) is 11.9 Å². The maximum atomic E-state index is 9.52. The van der Waals surface area contributed by atoms with Crippen LogP contribution in [0.2, 0.25) is 10.0 Å². The van der Waals surface area contributed by atoms with Crippen LogP contribution in [0.25, 0.3) is 0 Å². The first-order valence-corrected chi connectivity index (χ1v) is 18.1. The third-order valence-electron chi connectivity index (χ3n) is 10.3. The molecule has 9 heteroatoms. The number of rotatable bonds is 14. The molecule has 0 saturated carbocycles. The molecule has 250 valence electrons. The Morgan fingerprint density at radius 2 is 1.57 bits per heavy atom. The first-order valence-electron chi connectivity index (χ1n) is 17.3. The molecule has 3 heterocycles. The van der Waals surface area contributed by atoms with Crippen LogP contribution in [0.15, 0.2) is 83.9 Å². The van der Waals surface area contributed by atoms with E-state index in [-0.39, 0.29) is 12.1 Å². The smallest absolute Gasteiger partial charge is 0.194 e. The summed E-state index contributed by atoms with van der Waals surface area (Å²) < 4.78 is 0. The molecule has 3 N–H and O–H groups in total. The number of hydrogen-bond donors (Lipinski definition) is 2. The van der Waals surface area contributed by atoms with Gasteiger partial charge < -0.3 is 20.4 Å². The van der Waals surface area contributed by atoms with Crippen molar-refractivity contribution in [1.82, 2.24) is 19.6 Å². The van der Waals surface area contributed by atoms with Crippen molar-refractivity contribution in [3.05, 3.63) is 106 Å². The molecule has 0 amide bonds. The lowest BCUT2D eigenvalue weighted by Gasteiger charge is -2.37. The van der Waals surface area contributed by atoms with Gasteiger partial charge in [-0.15, -0.1) is 0 Å². The van der Waals surface area contributed by atoms with Gasteiger partial charge in [-0.1, -0.05) is 103 Å². The second-order valence-corrected chi connectivity index (χ2v) is 14.3. The van der Waals surface area contributed by atoms with Crippen LogP contribution in [-0.4, -0.2) is 95.0 Å². The molecule has 2 saturated heterocycles. The molecule has 3 aromatic rings. The number of aliphatic imine (C=N–C) groups is 1. The first kappa shape index (κ1) is 33.6. The molecule has 7 nitrogen and oxygen atoms in total. The van der Waals surface area contributed by atoms with Gasteiger partial charge in [0.2, 0.25) is 0 Å². The van der Waals surface area contributed by atoms with Crippen LogP contribution in [-0.2, 0) is 19.3 Å². The molecule has 3 aliphatic heterocycles. The summed E-state index contributed by atoms with van der Waals surface area (Å²) in [6, 6.07) is 28.6. The molecule has 3 aromatic carbocycles. The van der Waals surface area contributed by atoms with E-state index in [9.17, 15) is 5.41 Å². The van der Waals surface area contributed by atoms with Gasteiger partial charge in [-0.3, -0.25) is 15.3 Å². The lowest BCUT2D eigenvalue weighted by atomic mass is 10.0. The molecule has 6 rings (SSSR count). The van der Waals surface area contributed by atoms with Crippen molar-refractivity contribution in [2.45, 2.75) is 76.0 Å². The van der Waals surface area contributed by atoms with E-state index in [1.807, 2.05) is 18.2 Å². The predicted molar refractivity (Wildman–Crippen MR) is 196 cm³/mol. The number of guanidine groups is 2. The van der Waals surface area contributed by atoms with Crippen LogP contribution in [0.5, 0.6) is 0 Å². The number of halogens is 2. The minimum absolute atomic E-state index is 0.237. The van der Waals surface area contributed by atoms with Crippen molar-refractivity contribution in [2.24, 2.45) is 10.7 Å². The molecule has 4 atom stereocenters. The zero-order valence-electron chi connectivity index (χ0n) is 27.6. The van der Waals surface area contributed by atoms with Crippen LogP contribution in [0.3, 0.4) is 0 Å². The maximum Gasteiger partial charge on any atom is 0.194 e. The highest BCUT2D eigenvalue weighted by molar-refractivity contribution is 6.42. The van der Waals surface area contributed by atoms with E-state index in [0.29, 0.717) is 34.0 Å². The molecule has 0 spiro atoms. The van der Waals surface area contributed by atoms with Gasteiger partial charge in [-0.05, 0) is 73.9 Å². The highest BCUT2D eigenvalue weighted by Gasteiger charge is 2.40. The van der Waals surface area contributed by atoms with Crippen molar-refractivity contribution in [1.29, 1.82) is 5.41 Å². The van der Waals surface area contributed by atoms with Gasteiger partial charge in [0, 0.05) is 38.3 Å². The Morgan fingerprint density at radius 1 is 0.872 bits per heavy atom. The molecule has 0 radical (unpaired) electrons. The molecule has 4 unspecified atom stereocenters. The predicted octanol–water partition coefficient (Wildman–Crippen LogP) is 6.57. The van der Waals surface area contributed by atoms with Crippen LogP contribution in [0.1, 0.15) is 49.3 Å². The largest absolute Gasteiger partial charge is 0.370 e. The summed E-state index contributed by atoms with van der Waals surface area (Å²) in [5, 5.41) is 10.7. The highest BCUT2D eigenvalue weighted by Crippen LogP contribution is 2.29. The van der Waals surface area contributed by atoms with Gasteiger partial charge >= 0.3 is 0 Å². The summed E-state index contributed by atoms with van der Waals surface area (Å²) in [6.45, 7) is 7.64. The summed E-state index contributed by atoms with van der Waals surface area (Å²) in [7, 11) is 0. The topological polar surface area (TPSA) is 75.2 Å². The van der Waals surface area contributed by atoms with Crippen molar-refractivity contribution < 1.29 is 0 Å². The Kier molecular flexibility index (Phi) is 11.3. The average molecular weight is 675 g/mol. The van der Waals surface area contributed by atoms with E-state index in [2.05, 4.69) is 92.2 Å². The Labute approximate surface area is 290 Å². The number of nitrogens with one attached hydrogen (secondary N) is 1. The minimum Gasteiger partial charge on any atom is -0.370 e. The van der Waals surface area contributed by atoms with Crippen molar-refractivity contribution in [3.8, 4) is 0 Å². The van der Waals surface area contributed by atoms with Crippen LogP contribution in [0, 0.1) is 5.41 Å². The summed E-state index contributed by atoms with van der Waals surface area (Å²) in [4.78, 5) is 14.5. The summed E-state index contributed by atoms with van der Waals surface area (Å²) in [5.74, 6) is 1.34. The number of nitrogens with two attached hydrogens (primary N) is 1. The van der Waals surface area contributed by atoms with Crippen molar-refractivity contribution in [3.63, 3.8) is 0 Å². The van der Waals surface area contributed by atoms with Crippen molar-refractivity contribution >= 4 is 35.1 Å². The third kappa shape index (κ3) is 8.25. The van der Waals surface area contributed by atoms with E-state index >= 15 is 0 Å². The zero-order chi connectivity index (χ0) is 32.8. The zero-order valence-corrected chi connectivity index (χ0v) is 29.1. The van der Waals surface area contributed by atoms with Gasteiger partial charge in [-0.2, -0.15) is 0 Å². The fourth-order valence-electron chi connectivity index (χ4n) is 7.76. The Hall–Kier alpha value is -3.26. The molecule has 0 bridgehead atoms. The maximum absolute atomic E-state index is 9.52. The Bertz CT molecular complexity index is 1500. The third-order valence-corrected chi connectivity index (χ3v) is 11.0. The quantitative estimate of drug-likeness (QED) is 0.202. The summed E-state index contributed by atoms with van der Waals surface area (Å²) >= 11 is 12.6. The van der Waals surface area contributed by atoms with Crippen LogP contribution >= 0.6 is 23.2 Å². The molecule has 0 aromatic heterocycles. The highest BCUT2D eigenvalue weighted by atomic mass is 35.5. The van der Waals surface area contributed by atoms with Gasteiger partial charge in [0.05, 0.1) is 28.7 Å². The van der Waals surface area contributed by atoms with Gasteiger partial charge in [0.25, 0.3) is 0 Å². The lowest BCUT2D eigenvalue weighted by Crippen LogP contribution is -2.52. The van der Waals surface area contributed by atoms with E-state index in [4.69, 9.17) is 28.9 Å². The number of benzene rings is 3. The van der Waals surface area contributed by atoms with E-state index < -0.39 is 0 Å². The van der Waals surface area contributed by atoms with Crippen molar-refractivity contribution in [2.75, 3.05) is 39.3 Å². The molecule has 0 aliphatic carbocycles. The monoisotopic (exact) mass is 673 g/mol. The van der Waals surface area contributed by atoms with E-state index in [0.717, 1.165) is 76.9 Å². The summed E-state index contributed by atoms with van der Waals surface area (Å²) in [6.07, 6.45) is 7.21. The van der Waals surface area contributed by atoms with Crippen LogP contribution < -0.4 is 5.73 Å². The molecular weight excluding hydrogens is 625 g/mol. The average Bonchev–Trinajstić information content (AvgIpc) is 3.76. The second-order valence-electron chi connectivity index (χ2n) is 13.4. The number of likely N-dealkylation sites (tertiary alicyclic amines) is 1. The standard InChI is InChI=1S/C38H49Cl2N7/c1-2-10-32(25-44-19-9-15-31(44)26-46-33(24-43-37(46)41)21-28-11-5-3-6-12-28)47-27-34(22-29-13-7-4-8-14-29)45(38(47)42)20-18-30-16-17-35(39)36(40)23-30/h3-8,11-14,16-17,23,31-34,42H,2,9-10,15,18-22,24-27H2,1H3,(H2,41,43). The Morgan fingerprint density at radius 3 is 2.26 bits per heavy atom. The fourth-order valence-corrected chi connectivity index (χ4v) is 8.08. The van der Waals surface area contributed by atoms with Crippen LogP contribution in [0.4, 0.5) is 0 Å². The Balaban J connectivity index is 1.15. The SMILES string of the molecule is CCCC(CN1CCCC1CN1C(N)=NCC1Cc1ccccc1)N1CC(Cc2ccccc2)N(CCc2ccc(Cl)c(Cl)c2)C1=N. The second kappa shape index (κ2) is 15.8. The molecule has 3 aliphatic rings. The number of nitrogens with zero attached hydrogens (tertiary/aromatic N) is 5. The van der Waals surface area contributed by atoms with E-state index in [1.165, 1.54) is 24.0 Å². The summed E-state index contributed by atoms with van der Waals surface area (Å²) in [5.41, 5.74) is 10.3. The normalized spacial score (nSPS) is 22.4. The molecule has 2 fully saturated rings. The van der Waals surface area contributed by atoms with Gasteiger partial charge in [0.1, 0.15) is 0 Å². The molecule has 47 heavy (non-hydrogen) atoms. The van der Waals surface area contributed by atoms with E-state index in [1.54, 1.807) is 0 Å². The molecular formula is C38H49Cl2N7. The number of hydrogen-bond acceptors (Lipinski definition) is 5.